The summed E-state index contributed by atoms with van der Waals surface area (Å²) < 4.78 is 6.63. The van der Waals surface area contributed by atoms with E-state index in [0.29, 0.717) is 54.6 Å². The lowest BCUT2D eigenvalue weighted by Gasteiger charge is -2.32. The molecule has 9 nitrogen and oxygen atoms in total. The van der Waals surface area contributed by atoms with E-state index in [0.717, 1.165) is 16.5 Å². The van der Waals surface area contributed by atoms with Crippen molar-refractivity contribution in [3.8, 4) is 11.3 Å². The Kier molecular flexibility index (Phi) is 7.42. The largest absolute Gasteiger partial charge is 0.464 e. The number of carbonyl (C=O) groups is 3. The van der Waals surface area contributed by atoms with Crippen LogP contribution in [-0.4, -0.2) is 56.3 Å². The fraction of sp³-hybridized carbons (Fsp3) is 0.333. The summed E-state index contributed by atoms with van der Waals surface area (Å²) in [5.41, 5.74) is 2.45. The average Bonchev–Trinajstić information content (AvgIpc) is 3.29. The van der Waals surface area contributed by atoms with Gasteiger partial charge in [-0.3, -0.25) is 4.79 Å². The van der Waals surface area contributed by atoms with Crippen molar-refractivity contribution in [2.75, 3.05) is 13.1 Å². The van der Waals surface area contributed by atoms with Crippen LogP contribution in [0.1, 0.15) is 39.2 Å². The fourth-order valence-electron chi connectivity index (χ4n) is 5.04. The lowest BCUT2D eigenvalue weighted by atomic mass is 9.96. The highest BCUT2D eigenvalue weighted by Crippen LogP contribution is 2.34. The summed E-state index contributed by atoms with van der Waals surface area (Å²) in [7, 11) is 0. The number of hydrogen-bond donors (Lipinski definition) is 2. The standard InChI is InChI=1S/C30H31ClN4O5/c1-30(2,3)40-29(39)34-12-10-19(11-13-34)27(36)32-17-18-8-9-24-21(14-18)16-25(35(24)28(37)38)22-15-20-6-4-5-7-23(20)33-26(22)31/h4-9,14-16,19H,10-13,17H2,1-3H3,(H,32,36)(H,37,38). The molecule has 2 N–H and O–H groups in total. The van der Waals surface area contributed by atoms with E-state index in [-0.39, 0.29) is 23.1 Å². The number of benzene rings is 2. The molecule has 40 heavy (non-hydrogen) atoms. The first kappa shape index (κ1) is 27.5. The smallest absolute Gasteiger partial charge is 0.416 e. The number of carbonyl (C=O) groups excluding carboxylic acids is 2. The molecule has 1 fully saturated rings. The maximum absolute atomic E-state index is 12.9. The molecule has 2 amide bonds. The predicted octanol–water partition coefficient (Wildman–Crippen LogP) is 6.30. The van der Waals surface area contributed by atoms with Gasteiger partial charge in [-0.15, -0.1) is 0 Å². The quantitative estimate of drug-likeness (QED) is 0.282. The van der Waals surface area contributed by atoms with Gasteiger partial charge in [0.15, 0.2) is 0 Å². The van der Waals surface area contributed by atoms with Gasteiger partial charge < -0.3 is 20.1 Å². The highest BCUT2D eigenvalue weighted by Gasteiger charge is 2.30. The van der Waals surface area contributed by atoms with E-state index < -0.39 is 11.7 Å². The summed E-state index contributed by atoms with van der Waals surface area (Å²) in [5, 5.41) is 14.8. The number of para-hydroxylation sites is 1. The first-order valence-electron chi connectivity index (χ1n) is 13.2. The second-order valence-electron chi connectivity index (χ2n) is 11.0. The predicted molar refractivity (Wildman–Crippen MR) is 153 cm³/mol. The van der Waals surface area contributed by atoms with Crippen LogP contribution in [0.3, 0.4) is 0 Å². The number of hydrogen-bond acceptors (Lipinski definition) is 5. The number of nitrogens with one attached hydrogen (secondary N) is 1. The summed E-state index contributed by atoms with van der Waals surface area (Å²) >= 11 is 6.49. The third kappa shape index (κ3) is 5.74. The van der Waals surface area contributed by atoms with Crippen LogP contribution in [0.15, 0.2) is 54.6 Å². The Labute approximate surface area is 236 Å². The zero-order chi connectivity index (χ0) is 28.6. The zero-order valence-corrected chi connectivity index (χ0v) is 23.4. The van der Waals surface area contributed by atoms with E-state index >= 15 is 0 Å². The molecule has 0 atom stereocenters. The molecule has 10 heteroatoms. The van der Waals surface area contributed by atoms with Crippen molar-refractivity contribution < 1.29 is 24.2 Å². The Hall–Kier alpha value is -4.11. The lowest BCUT2D eigenvalue weighted by molar-refractivity contribution is -0.126. The number of halogens is 1. The number of ether oxygens (including phenoxy) is 1. The van der Waals surface area contributed by atoms with E-state index in [1.165, 1.54) is 4.57 Å². The van der Waals surface area contributed by atoms with E-state index in [4.69, 9.17) is 16.3 Å². The Morgan fingerprint density at radius 2 is 1.77 bits per heavy atom. The van der Waals surface area contributed by atoms with E-state index in [2.05, 4.69) is 10.3 Å². The van der Waals surface area contributed by atoms with Gasteiger partial charge in [0.05, 0.1) is 16.7 Å². The second-order valence-corrected chi connectivity index (χ2v) is 11.4. The molecular formula is C30H31ClN4O5. The van der Waals surface area contributed by atoms with Gasteiger partial charge in [-0.25, -0.2) is 19.1 Å². The van der Waals surface area contributed by atoms with Gasteiger partial charge in [0.2, 0.25) is 5.91 Å². The van der Waals surface area contributed by atoms with E-state index in [1.54, 1.807) is 23.1 Å². The highest BCUT2D eigenvalue weighted by molar-refractivity contribution is 6.32. The molecule has 0 saturated carbocycles. The van der Waals surface area contributed by atoms with Crippen LogP contribution in [0.4, 0.5) is 9.59 Å². The number of pyridine rings is 1. The van der Waals surface area contributed by atoms with Crippen molar-refractivity contribution in [1.82, 2.24) is 19.8 Å². The first-order valence-corrected chi connectivity index (χ1v) is 13.6. The molecule has 5 rings (SSSR count). The van der Waals surface area contributed by atoms with Gasteiger partial charge in [-0.05, 0) is 69.5 Å². The van der Waals surface area contributed by atoms with E-state index in [9.17, 15) is 19.5 Å². The number of aromatic nitrogens is 2. The molecular weight excluding hydrogens is 532 g/mol. The Balaban J connectivity index is 1.30. The summed E-state index contributed by atoms with van der Waals surface area (Å²) in [4.78, 5) is 43.5. The highest BCUT2D eigenvalue weighted by atomic mass is 35.5. The van der Waals surface area contributed by atoms with Gasteiger partial charge in [0.1, 0.15) is 10.8 Å². The van der Waals surface area contributed by atoms with Crippen molar-refractivity contribution in [3.05, 3.63) is 65.3 Å². The van der Waals surface area contributed by atoms with Gasteiger partial charge in [-0.2, -0.15) is 0 Å². The fourth-order valence-corrected chi connectivity index (χ4v) is 5.28. The molecule has 208 valence electrons. The van der Waals surface area contributed by atoms with Crippen LogP contribution >= 0.6 is 11.6 Å². The SMILES string of the molecule is CC(C)(C)OC(=O)N1CCC(C(=O)NCc2ccc3c(c2)cc(-c2cc4ccccc4nc2Cl)n3C(=O)O)CC1. The molecule has 1 aliphatic heterocycles. The number of likely N-dealkylation sites (tertiary alicyclic amines) is 1. The molecule has 3 heterocycles. The minimum Gasteiger partial charge on any atom is -0.464 e. The minimum atomic E-state index is -1.13. The molecule has 2 aromatic heterocycles. The molecule has 2 aromatic carbocycles. The summed E-state index contributed by atoms with van der Waals surface area (Å²) in [6.07, 6.45) is -0.355. The Morgan fingerprint density at radius 3 is 2.48 bits per heavy atom. The van der Waals surface area contributed by atoms with Crippen molar-refractivity contribution in [2.45, 2.75) is 45.8 Å². The number of amides is 2. The molecule has 0 bridgehead atoms. The molecule has 1 aliphatic rings. The summed E-state index contributed by atoms with van der Waals surface area (Å²) in [6, 6.07) is 16.5. The van der Waals surface area contributed by atoms with Crippen molar-refractivity contribution >= 4 is 51.5 Å². The van der Waals surface area contributed by atoms with Crippen LogP contribution in [0.25, 0.3) is 33.1 Å². The number of carboxylic acid groups (broad SMARTS) is 1. The van der Waals surface area contributed by atoms with Gasteiger partial charge in [0, 0.05) is 41.9 Å². The number of fused-ring (bicyclic) bond motifs is 2. The molecule has 0 spiro atoms. The maximum Gasteiger partial charge on any atom is 0.416 e. The van der Waals surface area contributed by atoms with Crippen molar-refractivity contribution in [1.29, 1.82) is 0 Å². The lowest BCUT2D eigenvalue weighted by Crippen LogP contribution is -2.44. The van der Waals surface area contributed by atoms with Crippen molar-refractivity contribution in [3.63, 3.8) is 0 Å². The minimum absolute atomic E-state index is 0.0678. The topological polar surface area (TPSA) is 114 Å². The monoisotopic (exact) mass is 562 g/mol. The molecule has 0 unspecified atom stereocenters. The average molecular weight is 563 g/mol. The number of piperidine rings is 1. The number of nitrogens with zero attached hydrogens (tertiary/aromatic N) is 3. The number of rotatable bonds is 4. The van der Waals surface area contributed by atoms with Gasteiger partial charge in [0.25, 0.3) is 0 Å². The van der Waals surface area contributed by atoms with Crippen LogP contribution in [-0.2, 0) is 16.1 Å². The molecule has 1 saturated heterocycles. The first-order chi connectivity index (χ1) is 19.0. The molecule has 0 radical (unpaired) electrons. The van der Waals surface area contributed by atoms with Crippen LogP contribution in [0.2, 0.25) is 5.15 Å². The van der Waals surface area contributed by atoms with Crippen LogP contribution in [0, 0.1) is 5.92 Å². The van der Waals surface area contributed by atoms with Gasteiger partial charge >= 0.3 is 12.2 Å². The van der Waals surface area contributed by atoms with Crippen LogP contribution < -0.4 is 5.32 Å². The molecule has 4 aromatic rings. The Bertz CT molecular complexity index is 1620. The maximum atomic E-state index is 12.9. The summed E-state index contributed by atoms with van der Waals surface area (Å²) in [6.45, 7) is 6.72. The van der Waals surface area contributed by atoms with E-state index in [1.807, 2.05) is 57.2 Å². The Morgan fingerprint density at radius 1 is 1.05 bits per heavy atom. The normalized spacial score (nSPS) is 14.4. The third-order valence-electron chi connectivity index (χ3n) is 6.99. The summed E-state index contributed by atoms with van der Waals surface area (Å²) in [5.74, 6) is -0.258. The van der Waals surface area contributed by atoms with Crippen molar-refractivity contribution in [2.24, 2.45) is 5.92 Å². The third-order valence-corrected chi connectivity index (χ3v) is 7.28. The van der Waals surface area contributed by atoms with Crippen LogP contribution in [0.5, 0.6) is 0 Å². The molecule has 0 aliphatic carbocycles. The van der Waals surface area contributed by atoms with Gasteiger partial charge in [-0.1, -0.05) is 35.9 Å². The zero-order valence-electron chi connectivity index (χ0n) is 22.6. The second kappa shape index (κ2) is 10.8.